The Morgan fingerprint density at radius 2 is 2.32 bits per heavy atom. The van der Waals surface area contributed by atoms with E-state index < -0.39 is 4.92 Å². The molecule has 1 aromatic heterocycles. The molecule has 19 heavy (non-hydrogen) atoms. The maximum Gasteiger partial charge on any atom is 0.290 e. The minimum atomic E-state index is -0.398. The Morgan fingerprint density at radius 1 is 1.58 bits per heavy atom. The molecule has 1 saturated heterocycles. The van der Waals surface area contributed by atoms with Crippen LogP contribution >= 0.6 is 0 Å². The highest BCUT2D eigenvalue weighted by molar-refractivity contribution is 5.48. The van der Waals surface area contributed by atoms with E-state index in [4.69, 9.17) is 5.73 Å². The summed E-state index contributed by atoms with van der Waals surface area (Å²) in [6.07, 6.45) is 2.16. The second-order valence-corrected chi connectivity index (χ2v) is 5.24. The van der Waals surface area contributed by atoms with E-state index in [1.807, 2.05) is 0 Å². The number of rotatable bonds is 3. The molecule has 0 radical (unpaired) electrons. The van der Waals surface area contributed by atoms with Crippen LogP contribution < -0.4 is 10.6 Å². The summed E-state index contributed by atoms with van der Waals surface area (Å²) in [7, 11) is 0. The van der Waals surface area contributed by atoms with Crippen molar-refractivity contribution in [1.29, 1.82) is 0 Å². The number of nitrogens with two attached hydrogens (primary N) is 1. The van der Waals surface area contributed by atoms with Crippen LogP contribution in [0.5, 0.6) is 0 Å². The summed E-state index contributed by atoms with van der Waals surface area (Å²) in [6.45, 7) is 5.40. The lowest BCUT2D eigenvalue weighted by molar-refractivity contribution is -0.385. The van der Waals surface area contributed by atoms with Crippen molar-refractivity contribution < 1.29 is 4.92 Å². The van der Waals surface area contributed by atoms with Crippen LogP contribution in [0.3, 0.4) is 0 Å². The maximum absolute atomic E-state index is 10.8. The highest BCUT2D eigenvalue weighted by Crippen LogP contribution is 2.28. The smallest absolute Gasteiger partial charge is 0.290 e. The van der Waals surface area contributed by atoms with Crippen molar-refractivity contribution >= 4 is 11.5 Å². The average Bonchev–Trinajstić information content (AvgIpc) is 2.37. The molecule has 0 aromatic carbocycles. The van der Waals surface area contributed by atoms with Gasteiger partial charge in [0, 0.05) is 25.2 Å². The van der Waals surface area contributed by atoms with Crippen LogP contribution in [0.4, 0.5) is 11.5 Å². The summed E-state index contributed by atoms with van der Waals surface area (Å²) in [5, 5.41) is 10.8. The highest BCUT2D eigenvalue weighted by Gasteiger charge is 2.27. The van der Waals surface area contributed by atoms with Gasteiger partial charge in [-0.05, 0) is 31.7 Å². The lowest BCUT2D eigenvalue weighted by Gasteiger charge is -2.38. The third kappa shape index (κ3) is 2.84. The zero-order valence-electron chi connectivity index (χ0n) is 11.4. The number of nitro groups is 1. The number of hydrogen-bond donors (Lipinski definition) is 1. The molecule has 0 amide bonds. The summed E-state index contributed by atoms with van der Waals surface area (Å²) >= 11 is 0. The monoisotopic (exact) mass is 264 g/mol. The Bertz CT molecular complexity index is 478. The molecular formula is C13H20N4O2. The van der Waals surface area contributed by atoms with Crippen LogP contribution in [-0.2, 0) is 0 Å². The first-order valence-electron chi connectivity index (χ1n) is 6.61. The van der Waals surface area contributed by atoms with E-state index >= 15 is 0 Å². The van der Waals surface area contributed by atoms with Crippen molar-refractivity contribution in [3.05, 3.63) is 27.9 Å². The third-order valence-corrected chi connectivity index (χ3v) is 3.78. The molecule has 2 rings (SSSR count). The van der Waals surface area contributed by atoms with Crippen molar-refractivity contribution in [2.75, 3.05) is 18.0 Å². The number of nitrogens with zero attached hydrogens (tertiary/aromatic N) is 3. The van der Waals surface area contributed by atoms with Crippen molar-refractivity contribution in [3.63, 3.8) is 0 Å². The van der Waals surface area contributed by atoms with E-state index in [1.165, 1.54) is 6.07 Å². The molecule has 2 unspecified atom stereocenters. The average molecular weight is 264 g/mol. The molecule has 1 aliphatic heterocycles. The molecular weight excluding hydrogens is 244 g/mol. The van der Waals surface area contributed by atoms with Crippen molar-refractivity contribution in [3.8, 4) is 0 Å². The molecule has 0 bridgehead atoms. The second-order valence-electron chi connectivity index (χ2n) is 5.24. The zero-order chi connectivity index (χ0) is 14.0. The Labute approximate surface area is 112 Å². The Balaban J connectivity index is 2.26. The van der Waals surface area contributed by atoms with E-state index in [2.05, 4.69) is 16.8 Å². The van der Waals surface area contributed by atoms with Crippen LogP contribution in [0.2, 0.25) is 0 Å². The topological polar surface area (TPSA) is 85.3 Å². The highest BCUT2D eigenvalue weighted by atomic mass is 16.6. The zero-order valence-corrected chi connectivity index (χ0v) is 11.4. The second kappa shape index (κ2) is 5.52. The summed E-state index contributed by atoms with van der Waals surface area (Å²) < 4.78 is 0. The van der Waals surface area contributed by atoms with Crippen LogP contribution in [0, 0.1) is 23.0 Å². The number of anilines is 1. The molecule has 1 aromatic rings. The fourth-order valence-electron chi connectivity index (χ4n) is 2.67. The van der Waals surface area contributed by atoms with Gasteiger partial charge >= 0.3 is 0 Å². The van der Waals surface area contributed by atoms with Gasteiger partial charge in [-0.3, -0.25) is 10.1 Å². The Kier molecular flexibility index (Phi) is 3.99. The quantitative estimate of drug-likeness (QED) is 0.665. The molecule has 2 N–H and O–H groups in total. The largest absolute Gasteiger partial charge is 0.352 e. The fraction of sp³-hybridized carbons (Fsp3) is 0.615. The summed E-state index contributed by atoms with van der Waals surface area (Å²) in [5.41, 5.74) is 6.36. The summed E-state index contributed by atoms with van der Waals surface area (Å²) in [4.78, 5) is 17.0. The van der Waals surface area contributed by atoms with Crippen LogP contribution in [-0.4, -0.2) is 29.0 Å². The Hall–Kier alpha value is -1.69. The van der Waals surface area contributed by atoms with Crippen LogP contribution in [0.1, 0.15) is 25.5 Å². The van der Waals surface area contributed by atoms with E-state index in [-0.39, 0.29) is 11.7 Å². The number of piperidine rings is 1. The maximum atomic E-state index is 10.8. The van der Waals surface area contributed by atoms with Crippen molar-refractivity contribution in [2.24, 2.45) is 11.7 Å². The molecule has 104 valence electrons. The van der Waals surface area contributed by atoms with Gasteiger partial charge in [-0.2, -0.15) is 0 Å². The molecule has 0 aliphatic carbocycles. The van der Waals surface area contributed by atoms with E-state index in [0.29, 0.717) is 18.2 Å². The first-order chi connectivity index (χ1) is 9.02. The first-order valence-corrected chi connectivity index (χ1v) is 6.61. The normalized spacial score (nSPS) is 23.4. The predicted molar refractivity (Wildman–Crippen MR) is 74.2 cm³/mol. The molecule has 6 nitrogen and oxygen atoms in total. The third-order valence-electron chi connectivity index (χ3n) is 3.78. The SMILES string of the molecule is Cc1nc(N2CCC(C)CC2CN)ccc1[N+](=O)[O-]. The van der Waals surface area contributed by atoms with Gasteiger partial charge in [-0.1, -0.05) is 6.92 Å². The van der Waals surface area contributed by atoms with Gasteiger partial charge in [0.15, 0.2) is 0 Å². The number of pyridine rings is 1. The summed E-state index contributed by atoms with van der Waals surface area (Å²) in [6, 6.07) is 3.53. The minimum absolute atomic E-state index is 0.0680. The van der Waals surface area contributed by atoms with Gasteiger partial charge in [-0.25, -0.2) is 4.98 Å². The molecule has 0 saturated carbocycles. The predicted octanol–water partition coefficient (Wildman–Crippen LogP) is 1.86. The fourth-order valence-corrected chi connectivity index (χ4v) is 2.67. The van der Waals surface area contributed by atoms with Gasteiger partial charge < -0.3 is 10.6 Å². The van der Waals surface area contributed by atoms with Crippen molar-refractivity contribution in [1.82, 2.24) is 4.98 Å². The van der Waals surface area contributed by atoms with Gasteiger partial charge in [-0.15, -0.1) is 0 Å². The molecule has 2 atom stereocenters. The number of aryl methyl sites for hydroxylation is 1. The van der Waals surface area contributed by atoms with Crippen LogP contribution in [0.15, 0.2) is 12.1 Å². The molecule has 2 heterocycles. The van der Waals surface area contributed by atoms with Crippen LogP contribution in [0.25, 0.3) is 0 Å². The summed E-state index contributed by atoms with van der Waals surface area (Å²) in [5.74, 6) is 1.47. The lowest BCUT2D eigenvalue weighted by Crippen LogP contribution is -2.46. The van der Waals surface area contributed by atoms with E-state index in [9.17, 15) is 10.1 Å². The molecule has 1 fully saturated rings. The Morgan fingerprint density at radius 3 is 2.89 bits per heavy atom. The standard InChI is InChI=1S/C13H20N4O2/c1-9-5-6-16(11(7-9)8-14)13-4-3-12(17(18)19)10(2)15-13/h3-4,9,11H,5-8,14H2,1-2H3. The molecule has 6 heteroatoms. The van der Waals surface area contributed by atoms with Gasteiger partial charge in [0.2, 0.25) is 0 Å². The lowest BCUT2D eigenvalue weighted by atomic mass is 9.92. The van der Waals surface area contributed by atoms with Gasteiger partial charge in [0.05, 0.1) is 4.92 Å². The van der Waals surface area contributed by atoms with E-state index in [0.717, 1.165) is 25.2 Å². The minimum Gasteiger partial charge on any atom is -0.352 e. The molecule has 1 aliphatic rings. The number of aromatic nitrogens is 1. The van der Waals surface area contributed by atoms with Gasteiger partial charge in [0.1, 0.15) is 11.5 Å². The molecule has 0 spiro atoms. The van der Waals surface area contributed by atoms with Crippen molar-refractivity contribution in [2.45, 2.75) is 32.7 Å². The number of hydrogen-bond acceptors (Lipinski definition) is 5. The first kappa shape index (κ1) is 13.7. The van der Waals surface area contributed by atoms with E-state index in [1.54, 1.807) is 13.0 Å². The van der Waals surface area contributed by atoms with Gasteiger partial charge in [0.25, 0.3) is 5.69 Å².